The normalized spacial score (nSPS) is 23.1. The van der Waals surface area contributed by atoms with Crippen molar-refractivity contribution in [2.75, 3.05) is 0 Å². The highest BCUT2D eigenvalue weighted by molar-refractivity contribution is 5.35. The number of benzene rings is 1. The minimum absolute atomic E-state index is 0.477. The fourth-order valence-electron chi connectivity index (χ4n) is 2.87. The Morgan fingerprint density at radius 3 is 2.26 bits per heavy atom. The molecule has 0 aliphatic heterocycles. The molecular weight excluding hydrogens is 244 g/mol. The molecule has 1 aliphatic carbocycles. The van der Waals surface area contributed by atoms with E-state index in [1.165, 1.54) is 37.8 Å². The van der Waals surface area contributed by atoms with Gasteiger partial charge in [-0.1, -0.05) is 32.6 Å². The van der Waals surface area contributed by atoms with E-state index in [2.05, 4.69) is 6.92 Å². The monoisotopic (exact) mass is 263 g/mol. The SMILES string of the molecule is CC1CCC(CCc2cc(F)c(C#N)c(F)c2)CC1. The van der Waals surface area contributed by atoms with Crippen molar-refractivity contribution in [3.63, 3.8) is 0 Å². The second-order valence-corrected chi connectivity index (χ2v) is 5.71. The summed E-state index contributed by atoms with van der Waals surface area (Å²) in [5.41, 5.74) is 0.183. The van der Waals surface area contributed by atoms with Crippen molar-refractivity contribution < 1.29 is 8.78 Å². The summed E-state index contributed by atoms with van der Waals surface area (Å²) in [7, 11) is 0. The number of hydrogen-bond donors (Lipinski definition) is 0. The van der Waals surface area contributed by atoms with Crippen LogP contribution in [-0.2, 0) is 6.42 Å². The van der Waals surface area contributed by atoms with E-state index >= 15 is 0 Å². The van der Waals surface area contributed by atoms with Gasteiger partial charge in [-0.3, -0.25) is 0 Å². The molecule has 0 saturated heterocycles. The van der Waals surface area contributed by atoms with E-state index in [1.54, 1.807) is 6.07 Å². The van der Waals surface area contributed by atoms with E-state index in [4.69, 9.17) is 5.26 Å². The van der Waals surface area contributed by atoms with Gasteiger partial charge in [0.05, 0.1) is 0 Å². The topological polar surface area (TPSA) is 23.8 Å². The Morgan fingerprint density at radius 1 is 1.16 bits per heavy atom. The molecule has 3 heteroatoms. The van der Waals surface area contributed by atoms with Crippen molar-refractivity contribution in [3.05, 3.63) is 34.9 Å². The Balaban J connectivity index is 1.95. The summed E-state index contributed by atoms with van der Waals surface area (Å²) >= 11 is 0. The van der Waals surface area contributed by atoms with Crippen LogP contribution in [0, 0.1) is 34.8 Å². The molecule has 1 saturated carbocycles. The summed E-state index contributed by atoms with van der Waals surface area (Å²) in [5, 5.41) is 8.62. The third-order valence-corrected chi connectivity index (χ3v) is 4.19. The largest absolute Gasteiger partial charge is 0.205 e. The highest BCUT2D eigenvalue weighted by atomic mass is 19.1. The van der Waals surface area contributed by atoms with Crippen molar-refractivity contribution in [1.29, 1.82) is 5.26 Å². The first-order valence-corrected chi connectivity index (χ1v) is 6.98. The molecule has 0 N–H and O–H groups in total. The zero-order chi connectivity index (χ0) is 13.8. The Bertz CT molecular complexity index is 459. The van der Waals surface area contributed by atoms with E-state index in [9.17, 15) is 8.78 Å². The van der Waals surface area contributed by atoms with Gasteiger partial charge in [0.25, 0.3) is 0 Å². The van der Waals surface area contributed by atoms with Gasteiger partial charge >= 0.3 is 0 Å². The average Bonchev–Trinajstić information content (AvgIpc) is 2.38. The van der Waals surface area contributed by atoms with E-state index in [1.807, 2.05) is 0 Å². The maximum Gasteiger partial charge on any atom is 0.144 e. The average molecular weight is 263 g/mol. The molecule has 2 rings (SSSR count). The van der Waals surface area contributed by atoms with Crippen LogP contribution in [0.15, 0.2) is 12.1 Å². The molecule has 102 valence electrons. The lowest BCUT2D eigenvalue weighted by atomic mass is 9.80. The first kappa shape index (κ1) is 14.0. The van der Waals surface area contributed by atoms with Crippen LogP contribution < -0.4 is 0 Å². The summed E-state index contributed by atoms with van der Waals surface area (Å²) in [6.07, 6.45) is 6.66. The minimum atomic E-state index is -0.741. The lowest BCUT2D eigenvalue weighted by Gasteiger charge is -2.26. The highest BCUT2D eigenvalue weighted by Gasteiger charge is 2.18. The summed E-state index contributed by atoms with van der Waals surface area (Å²) in [5.74, 6) is 0.0172. The fourth-order valence-corrected chi connectivity index (χ4v) is 2.87. The van der Waals surface area contributed by atoms with Crippen molar-refractivity contribution >= 4 is 0 Å². The van der Waals surface area contributed by atoms with Gasteiger partial charge in [0.2, 0.25) is 0 Å². The first-order chi connectivity index (χ1) is 9.10. The van der Waals surface area contributed by atoms with Gasteiger partial charge < -0.3 is 0 Å². The molecule has 0 amide bonds. The maximum absolute atomic E-state index is 13.5. The summed E-state index contributed by atoms with van der Waals surface area (Å²) in [4.78, 5) is 0. The van der Waals surface area contributed by atoms with Crippen LogP contribution in [0.2, 0.25) is 0 Å². The molecule has 19 heavy (non-hydrogen) atoms. The molecule has 0 heterocycles. The van der Waals surface area contributed by atoms with Gasteiger partial charge in [-0.05, 0) is 42.4 Å². The molecule has 1 aromatic rings. The number of aryl methyl sites for hydroxylation is 1. The van der Waals surface area contributed by atoms with Gasteiger partial charge in [-0.25, -0.2) is 8.78 Å². The van der Waals surface area contributed by atoms with Gasteiger partial charge in [0, 0.05) is 0 Å². The molecule has 1 nitrogen and oxygen atoms in total. The lowest BCUT2D eigenvalue weighted by molar-refractivity contribution is 0.277. The zero-order valence-corrected chi connectivity index (χ0v) is 11.3. The maximum atomic E-state index is 13.5. The quantitative estimate of drug-likeness (QED) is 0.782. The molecule has 1 fully saturated rings. The van der Waals surface area contributed by atoms with Crippen molar-refractivity contribution in [3.8, 4) is 6.07 Å². The molecule has 0 radical (unpaired) electrons. The fraction of sp³-hybridized carbons (Fsp3) is 0.562. The molecular formula is C16H19F2N. The van der Waals surface area contributed by atoms with Crippen LogP contribution in [0.5, 0.6) is 0 Å². The zero-order valence-electron chi connectivity index (χ0n) is 11.3. The molecule has 1 aliphatic rings. The number of rotatable bonds is 3. The molecule has 0 spiro atoms. The minimum Gasteiger partial charge on any atom is -0.205 e. The van der Waals surface area contributed by atoms with Crippen LogP contribution in [-0.4, -0.2) is 0 Å². The predicted octanol–water partition coefficient (Wildman–Crippen LogP) is 4.60. The van der Waals surface area contributed by atoms with E-state index < -0.39 is 17.2 Å². The summed E-state index contributed by atoms with van der Waals surface area (Å²) < 4.78 is 26.9. The van der Waals surface area contributed by atoms with Crippen molar-refractivity contribution in [2.24, 2.45) is 11.8 Å². The standard InChI is InChI=1S/C16H19F2N/c1-11-2-4-12(5-3-11)6-7-13-8-15(17)14(10-19)16(18)9-13/h8-9,11-12H,2-7H2,1H3. The molecule has 1 aromatic carbocycles. The molecule has 0 bridgehead atoms. The number of nitriles is 1. The van der Waals surface area contributed by atoms with Gasteiger partial charge in [0.15, 0.2) is 0 Å². The number of hydrogen-bond acceptors (Lipinski definition) is 1. The molecule has 0 atom stereocenters. The van der Waals surface area contributed by atoms with Crippen LogP contribution in [0.4, 0.5) is 8.78 Å². The molecule has 0 aromatic heterocycles. The van der Waals surface area contributed by atoms with Gasteiger partial charge in [0.1, 0.15) is 23.3 Å². The van der Waals surface area contributed by atoms with E-state index in [0.717, 1.165) is 12.3 Å². The molecule has 0 unspecified atom stereocenters. The number of halogens is 2. The highest BCUT2D eigenvalue weighted by Crippen LogP contribution is 2.31. The van der Waals surface area contributed by atoms with Crippen LogP contribution in [0.1, 0.15) is 50.2 Å². The van der Waals surface area contributed by atoms with Gasteiger partial charge in [-0.2, -0.15) is 5.26 Å². The Labute approximate surface area is 113 Å². The van der Waals surface area contributed by atoms with E-state index in [-0.39, 0.29) is 0 Å². The second kappa shape index (κ2) is 6.14. The Morgan fingerprint density at radius 2 is 1.74 bits per heavy atom. The summed E-state index contributed by atoms with van der Waals surface area (Å²) in [6.45, 7) is 2.28. The lowest BCUT2D eigenvalue weighted by Crippen LogP contribution is -2.13. The van der Waals surface area contributed by atoms with Crippen LogP contribution in [0.25, 0.3) is 0 Å². The Hall–Kier alpha value is -1.43. The third kappa shape index (κ3) is 3.53. The number of nitrogens with zero attached hydrogens (tertiary/aromatic N) is 1. The van der Waals surface area contributed by atoms with Gasteiger partial charge in [-0.15, -0.1) is 0 Å². The van der Waals surface area contributed by atoms with Crippen LogP contribution >= 0.6 is 0 Å². The van der Waals surface area contributed by atoms with Crippen molar-refractivity contribution in [1.82, 2.24) is 0 Å². The van der Waals surface area contributed by atoms with Crippen molar-refractivity contribution in [2.45, 2.75) is 45.4 Å². The van der Waals surface area contributed by atoms with E-state index in [0.29, 0.717) is 17.9 Å². The Kier molecular flexibility index (Phi) is 4.52. The smallest absolute Gasteiger partial charge is 0.144 e. The summed E-state index contributed by atoms with van der Waals surface area (Å²) in [6, 6.07) is 4.15. The first-order valence-electron chi connectivity index (χ1n) is 6.98. The third-order valence-electron chi connectivity index (χ3n) is 4.19. The predicted molar refractivity (Wildman–Crippen MR) is 70.5 cm³/mol. The second-order valence-electron chi connectivity index (χ2n) is 5.71. The van der Waals surface area contributed by atoms with Crippen LogP contribution in [0.3, 0.4) is 0 Å².